The molecule has 0 bridgehead atoms. The molecule has 8 heteroatoms. The van der Waals surface area contributed by atoms with Crippen LogP contribution in [0.1, 0.15) is 11.1 Å². The number of aromatic nitrogens is 2. The van der Waals surface area contributed by atoms with Gasteiger partial charge in [0.2, 0.25) is 0 Å². The molecule has 0 N–H and O–H groups in total. The highest BCUT2D eigenvalue weighted by atomic mass is 35.5. The third-order valence-electron chi connectivity index (χ3n) is 3.12. The molecular formula is C16H9Cl2N3S3. The number of hydrogen-bond donors (Lipinski definition) is 0. The van der Waals surface area contributed by atoms with Crippen molar-refractivity contribution in [2.45, 2.75) is 10.1 Å². The highest BCUT2D eigenvalue weighted by molar-refractivity contribution is 8.00. The van der Waals surface area contributed by atoms with E-state index in [0.29, 0.717) is 19.6 Å². The van der Waals surface area contributed by atoms with Gasteiger partial charge in [0.1, 0.15) is 0 Å². The predicted octanol–water partition coefficient (Wildman–Crippen LogP) is 6.13. The number of benzene rings is 2. The Morgan fingerprint density at radius 1 is 1.17 bits per heavy atom. The van der Waals surface area contributed by atoms with Crippen LogP contribution in [0, 0.1) is 15.3 Å². The first-order chi connectivity index (χ1) is 11.6. The average Bonchev–Trinajstić information content (AvgIpc) is 2.97. The summed E-state index contributed by atoms with van der Waals surface area (Å²) in [5.41, 5.74) is 2.57. The molecule has 3 aromatic rings. The molecule has 0 aliphatic heterocycles. The van der Waals surface area contributed by atoms with E-state index in [2.05, 4.69) is 11.2 Å². The Kier molecular flexibility index (Phi) is 5.59. The molecule has 3 rings (SSSR count). The summed E-state index contributed by atoms with van der Waals surface area (Å²) in [4.78, 5) is 0. The van der Waals surface area contributed by atoms with Gasteiger partial charge in [0, 0.05) is 5.75 Å². The van der Waals surface area contributed by atoms with Gasteiger partial charge in [-0.25, -0.2) is 4.68 Å². The molecule has 0 radical (unpaired) electrons. The molecule has 0 amide bonds. The second-order valence-corrected chi connectivity index (χ2v) is 8.40. The summed E-state index contributed by atoms with van der Waals surface area (Å²) in [6.07, 6.45) is 0. The Balaban J connectivity index is 1.77. The van der Waals surface area contributed by atoms with Crippen molar-refractivity contribution < 1.29 is 0 Å². The highest BCUT2D eigenvalue weighted by Gasteiger charge is 2.08. The molecule has 1 aromatic heterocycles. The average molecular weight is 410 g/mol. The topological polar surface area (TPSA) is 41.6 Å². The number of nitrogens with zero attached hydrogens (tertiary/aromatic N) is 3. The zero-order chi connectivity index (χ0) is 17.1. The Labute approximate surface area is 162 Å². The first kappa shape index (κ1) is 17.5. The second kappa shape index (κ2) is 7.68. The van der Waals surface area contributed by atoms with E-state index in [9.17, 15) is 0 Å². The van der Waals surface area contributed by atoms with Gasteiger partial charge in [-0.15, -0.1) is 5.10 Å². The van der Waals surface area contributed by atoms with Gasteiger partial charge in [-0.2, -0.15) is 5.26 Å². The zero-order valence-corrected chi connectivity index (χ0v) is 16.0. The van der Waals surface area contributed by atoms with E-state index >= 15 is 0 Å². The maximum absolute atomic E-state index is 8.82. The fraction of sp³-hybridized carbons (Fsp3) is 0.0625. The van der Waals surface area contributed by atoms with Crippen LogP contribution in [0.25, 0.3) is 5.69 Å². The molecule has 0 unspecified atom stereocenters. The van der Waals surface area contributed by atoms with Crippen molar-refractivity contribution in [1.82, 2.24) is 9.78 Å². The van der Waals surface area contributed by atoms with Crippen molar-refractivity contribution >= 4 is 58.5 Å². The molecule has 0 aliphatic rings. The fourth-order valence-corrected chi connectivity index (χ4v) is 4.53. The monoisotopic (exact) mass is 409 g/mol. The van der Waals surface area contributed by atoms with Crippen LogP contribution in [0.5, 0.6) is 0 Å². The molecule has 3 nitrogen and oxygen atoms in total. The van der Waals surface area contributed by atoms with E-state index in [0.717, 1.165) is 21.3 Å². The van der Waals surface area contributed by atoms with Crippen molar-refractivity contribution in [3.63, 3.8) is 0 Å². The van der Waals surface area contributed by atoms with Crippen molar-refractivity contribution in [1.29, 1.82) is 5.26 Å². The van der Waals surface area contributed by atoms with Crippen LogP contribution >= 0.6 is 58.5 Å². The minimum absolute atomic E-state index is 0.468. The Morgan fingerprint density at radius 3 is 2.58 bits per heavy atom. The lowest BCUT2D eigenvalue weighted by molar-refractivity contribution is 0.829. The zero-order valence-electron chi connectivity index (χ0n) is 12.1. The predicted molar refractivity (Wildman–Crippen MR) is 103 cm³/mol. The molecule has 24 heavy (non-hydrogen) atoms. The van der Waals surface area contributed by atoms with Crippen molar-refractivity contribution in [2.24, 2.45) is 0 Å². The molecule has 0 aliphatic carbocycles. The van der Waals surface area contributed by atoms with Crippen LogP contribution < -0.4 is 0 Å². The van der Waals surface area contributed by atoms with Crippen LogP contribution in [0.2, 0.25) is 10.0 Å². The summed E-state index contributed by atoms with van der Waals surface area (Å²) < 4.78 is 3.20. The summed E-state index contributed by atoms with van der Waals surface area (Å²) in [5, 5.41) is 14.3. The van der Waals surface area contributed by atoms with Crippen molar-refractivity contribution in [2.75, 3.05) is 0 Å². The number of halogens is 2. The van der Waals surface area contributed by atoms with Gasteiger partial charge in [-0.3, -0.25) is 0 Å². The number of rotatable bonds is 4. The highest BCUT2D eigenvalue weighted by Crippen LogP contribution is 2.29. The quantitative estimate of drug-likeness (QED) is 0.383. The summed E-state index contributed by atoms with van der Waals surface area (Å²) in [5.74, 6) is 0.759. The molecule has 1 heterocycles. The first-order valence-corrected chi connectivity index (χ1v) is 9.71. The molecule has 0 atom stereocenters. The number of nitriles is 1. The lowest BCUT2D eigenvalue weighted by atomic mass is 10.2. The van der Waals surface area contributed by atoms with Crippen molar-refractivity contribution in [3.05, 3.63) is 67.6 Å². The molecular weight excluding hydrogens is 401 g/mol. The molecule has 0 spiro atoms. The van der Waals surface area contributed by atoms with Crippen LogP contribution in [0.15, 0.2) is 46.8 Å². The summed E-state index contributed by atoms with van der Waals surface area (Å²) in [7, 11) is 0. The van der Waals surface area contributed by atoms with E-state index in [1.165, 1.54) is 11.3 Å². The Hall–Kier alpha value is -1.36. The lowest BCUT2D eigenvalue weighted by Gasteiger charge is -2.02. The van der Waals surface area contributed by atoms with Gasteiger partial charge < -0.3 is 0 Å². The molecule has 0 saturated carbocycles. The second-order valence-electron chi connectivity index (χ2n) is 4.74. The molecule has 120 valence electrons. The van der Waals surface area contributed by atoms with Crippen molar-refractivity contribution in [3.8, 4) is 11.8 Å². The van der Waals surface area contributed by atoms with Gasteiger partial charge in [0.05, 0.1) is 27.4 Å². The van der Waals surface area contributed by atoms with E-state index in [1.807, 2.05) is 30.3 Å². The standard InChI is InChI=1S/C16H9Cl2N3S3/c17-13-6-5-12(7-14(13)18)21-16(22)24-15(20-21)23-9-11-3-1-10(8-19)2-4-11/h1-7H,9H2. The van der Waals surface area contributed by atoms with E-state index in [1.54, 1.807) is 28.6 Å². The van der Waals surface area contributed by atoms with Gasteiger partial charge in [0.15, 0.2) is 8.29 Å². The lowest BCUT2D eigenvalue weighted by Crippen LogP contribution is -1.96. The summed E-state index contributed by atoms with van der Waals surface area (Å²) in [6, 6.07) is 14.9. The largest absolute Gasteiger partial charge is 0.211 e. The Morgan fingerprint density at radius 2 is 1.92 bits per heavy atom. The van der Waals surface area contributed by atoms with Gasteiger partial charge in [-0.05, 0) is 48.1 Å². The first-order valence-electron chi connectivity index (χ1n) is 6.74. The van der Waals surface area contributed by atoms with E-state index in [4.69, 9.17) is 40.7 Å². The van der Waals surface area contributed by atoms with Gasteiger partial charge in [-0.1, -0.05) is 58.4 Å². The van der Waals surface area contributed by atoms with E-state index in [-0.39, 0.29) is 0 Å². The maximum Gasteiger partial charge on any atom is 0.184 e. The number of hydrogen-bond acceptors (Lipinski definition) is 5. The maximum atomic E-state index is 8.82. The number of thioether (sulfide) groups is 1. The van der Waals surface area contributed by atoms with E-state index < -0.39 is 0 Å². The minimum atomic E-state index is 0.468. The summed E-state index contributed by atoms with van der Waals surface area (Å²) >= 11 is 20.4. The third-order valence-corrected chi connectivity index (χ3v) is 6.30. The molecule has 0 saturated heterocycles. The van der Waals surface area contributed by atoms with Crippen LogP contribution in [-0.4, -0.2) is 9.78 Å². The van der Waals surface area contributed by atoms with Gasteiger partial charge in [0.25, 0.3) is 0 Å². The summed E-state index contributed by atoms with van der Waals surface area (Å²) in [6.45, 7) is 0. The fourth-order valence-electron chi connectivity index (χ4n) is 1.92. The third kappa shape index (κ3) is 4.00. The Bertz CT molecular complexity index is 971. The SMILES string of the molecule is N#Cc1ccc(CSc2nn(-c3ccc(Cl)c(Cl)c3)c(=S)s2)cc1. The van der Waals surface area contributed by atoms with Gasteiger partial charge >= 0.3 is 0 Å². The smallest absolute Gasteiger partial charge is 0.184 e. The molecule has 2 aromatic carbocycles. The minimum Gasteiger partial charge on any atom is -0.211 e. The molecule has 0 fully saturated rings. The normalized spacial score (nSPS) is 10.5. The van der Waals surface area contributed by atoms with Crippen LogP contribution in [0.4, 0.5) is 0 Å². The van der Waals surface area contributed by atoms with Crippen LogP contribution in [-0.2, 0) is 5.75 Å². The van der Waals surface area contributed by atoms with Crippen LogP contribution in [0.3, 0.4) is 0 Å².